The molecule has 27 heavy (non-hydrogen) atoms. The van der Waals surface area contributed by atoms with Crippen LogP contribution in [0.3, 0.4) is 0 Å². The van der Waals surface area contributed by atoms with Crippen molar-refractivity contribution in [1.29, 1.82) is 0 Å². The van der Waals surface area contributed by atoms with E-state index in [0.717, 1.165) is 37.7 Å². The van der Waals surface area contributed by atoms with Gasteiger partial charge in [-0.2, -0.15) is 0 Å². The van der Waals surface area contributed by atoms with Crippen LogP contribution in [0.15, 0.2) is 0 Å². The Morgan fingerprint density at radius 1 is 1.15 bits per heavy atom. The quantitative estimate of drug-likeness (QED) is 0.790. The van der Waals surface area contributed by atoms with E-state index in [0.29, 0.717) is 36.7 Å². The molecule has 2 heterocycles. The number of anilines is 1. The number of carbonyl (C=O) groups is 3. The van der Waals surface area contributed by atoms with Gasteiger partial charge in [-0.25, -0.2) is 0 Å². The van der Waals surface area contributed by atoms with E-state index >= 15 is 0 Å². The molecule has 0 spiro atoms. The normalized spacial score (nSPS) is 21.0. The largest absolute Gasteiger partial charge is 0.365 e. The van der Waals surface area contributed by atoms with Gasteiger partial charge in [0.05, 0.1) is 11.6 Å². The first-order valence-electron chi connectivity index (χ1n) is 9.73. The molecular formula is C19H26N4O3S. The van der Waals surface area contributed by atoms with Crippen LogP contribution in [0.1, 0.15) is 47.0 Å². The highest BCUT2D eigenvalue weighted by Gasteiger charge is 2.36. The van der Waals surface area contributed by atoms with Crippen LogP contribution in [-0.2, 0) is 22.4 Å². The smallest absolute Gasteiger partial charge is 0.251 e. The molecule has 3 amide bonds. The third kappa shape index (κ3) is 3.60. The van der Waals surface area contributed by atoms with E-state index in [1.165, 1.54) is 16.2 Å². The number of nitrogens with zero attached hydrogens (tertiary/aromatic N) is 2. The van der Waals surface area contributed by atoms with Gasteiger partial charge in [0.2, 0.25) is 11.8 Å². The van der Waals surface area contributed by atoms with E-state index in [-0.39, 0.29) is 23.8 Å². The van der Waals surface area contributed by atoms with Gasteiger partial charge in [-0.1, -0.05) is 0 Å². The second kappa shape index (κ2) is 7.24. The summed E-state index contributed by atoms with van der Waals surface area (Å²) in [4.78, 5) is 42.0. The number of hydrogen-bond donors (Lipinski definition) is 2. The van der Waals surface area contributed by atoms with Crippen LogP contribution < -0.4 is 11.1 Å². The highest BCUT2D eigenvalue weighted by molar-refractivity contribution is 7.17. The molecule has 8 heteroatoms. The van der Waals surface area contributed by atoms with Crippen molar-refractivity contribution in [1.82, 2.24) is 9.80 Å². The molecule has 7 nitrogen and oxygen atoms in total. The third-order valence-electron chi connectivity index (χ3n) is 5.88. The maximum absolute atomic E-state index is 12.8. The maximum atomic E-state index is 12.8. The number of primary amides is 1. The summed E-state index contributed by atoms with van der Waals surface area (Å²) in [5.41, 5.74) is 7.08. The highest BCUT2D eigenvalue weighted by Crippen LogP contribution is 2.39. The van der Waals surface area contributed by atoms with Gasteiger partial charge in [0.25, 0.3) is 5.91 Å². The molecule has 1 aliphatic heterocycles. The Labute approximate surface area is 162 Å². The Kier molecular flexibility index (Phi) is 4.94. The van der Waals surface area contributed by atoms with Crippen LogP contribution >= 0.6 is 11.3 Å². The minimum atomic E-state index is -0.468. The molecule has 0 bridgehead atoms. The molecule has 0 radical (unpaired) electrons. The Morgan fingerprint density at radius 2 is 1.85 bits per heavy atom. The maximum Gasteiger partial charge on any atom is 0.251 e. The molecule has 1 aromatic rings. The minimum Gasteiger partial charge on any atom is -0.365 e. The summed E-state index contributed by atoms with van der Waals surface area (Å²) < 4.78 is 0. The van der Waals surface area contributed by atoms with Gasteiger partial charge < -0.3 is 16.0 Å². The molecule has 0 unspecified atom stereocenters. The summed E-state index contributed by atoms with van der Waals surface area (Å²) in [7, 11) is 0. The van der Waals surface area contributed by atoms with Crippen molar-refractivity contribution in [3.8, 4) is 0 Å². The van der Waals surface area contributed by atoms with Gasteiger partial charge in [0.15, 0.2) is 0 Å². The number of aryl methyl sites for hydroxylation is 1. The van der Waals surface area contributed by atoms with Crippen LogP contribution in [0.4, 0.5) is 5.00 Å². The number of nitrogens with one attached hydrogen (secondary N) is 1. The SMILES string of the molecule is C[C@@H](C(=O)Nc1sc2c(c1C(N)=O)CCC2)N1CCN(C(=O)C2CC2)CC1. The summed E-state index contributed by atoms with van der Waals surface area (Å²) in [6, 6.07) is -0.319. The number of nitrogens with two attached hydrogens (primary N) is 1. The number of thiophene rings is 1. The second-order valence-electron chi connectivity index (χ2n) is 7.73. The van der Waals surface area contributed by atoms with Crippen LogP contribution in [0.5, 0.6) is 0 Å². The first kappa shape index (κ1) is 18.4. The third-order valence-corrected chi connectivity index (χ3v) is 7.09. The summed E-state index contributed by atoms with van der Waals surface area (Å²) in [6.45, 7) is 4.60. The Balaban J connectivity index is 1.38. The predicted molar refractivity (Wildman–Crippen MR) is 104 cm³/mol. The fraction of sp³-hybridized carbons (Fsp3) is 0.632. The zero-order valence-electron chi connectivity index (χ0n) is 15.6. The summed E-state index contributed by atoms with van der Waals surface area (Å²) >= 11 is 1.48. The van der Waals surface area contributed by atoms with Crippen molar-refractivity contribution in [2.75, 3.05) is 31.5 Å². The van der Waals surface area contributed by atoms with Crippen molar-refractivity contribution in [2.24, 2.45) is 11.7 Å². The zero-order chi connectivity index (χ0) is 19.1. The molecule has 1 saturated heterocycles. The van der Waals surface area contributed by atoms with Crippen LogP contribution in [0.25, 0.3) is 0 Å². The number of carbonyl (C=O) groups excluding carboxylic acids is 3. The molecule has 1 atom stereocenters. The molecule has 3 aliphatic rings. The molecule has 3 N–H and O–H groups in total. The Morgan fingerprint density at radius 3 is 2.48 bits per heavy atom. The van der Waals surface area contributed by atoms with Crippen LogP contribution in [0.2, 0.25) is 0 Å². The van der Waals surface area contributed by atoms with Crippen molar-refractivity contribution in [2.45, 2.75) is 45.1 Å². The van der Waals surface area contributed by atoms with E-state index in [4.69, 9.17) is 5.73 Å². The first-order chi connectivity index (χ1) is 13.0. The molecule has 146 valence electrons. The zero-order valence-corrected chi connectivity index (χ0v) is 16.4. The number of fused-ring (bicyclic) bond motifs is 1. The lowest BCUT2D eigenvalue weighted by Gasteiger charge is -2.37. The van der Waals surface area contributed by atoms with Crippen molar-refractivity contribution in [3.63, 3.8) is 0 Å². The van der Waals surface area contributed by atoms with Crippen molar-refractivity contribution >= 4 is 34.1 Å². The van der Waals surface area contributed by atoms with Gasteiger partial charge in [-0.05, 0) is 44.6 Å². The molecule has 0 aromatic carbocycles. The number of piperazine rings is 1. The summed E-state index contributed by atoms with van der Waals surface area (Å²) in [6.07, 6.45) is 4.88. The topological polar surface area (TPSA) is 95.7 Å². The van der Waals surface area contributed by atoms with Crippen LogP contribution in [0, 0.1) is 5.92 Å². The van der Waals surface area contributed by atoms with Gasteiger partial charge >= 0.3 is 0 Å². The summed E-state index contributed by atoms with van der Waals surface area (Å²) in [5, 5.41) is 3.53. The molecule has 1 aromatic heterocycles. The lowest BCUT2D eigenvalue weighted by Crippen LogP contribution is -2.54. The highest BCUT2D eigenvalue weighted by atomic mass is 32.1. The van der Waals surface area contributed by atoms with Gasteiger partial charge in [0, 0.05) is 37.0 Å². The van der Waals surface area contributed by atoms with E-state index in [1.807, 2.05) is 11.8 Å². The monoisotopic (exact) mass is 390 g/mol. The molecule has 1 saturated carbocycles. The van der Waals surface area contributed by atoms with E-state index in [9.17, 15) is 14.4 Å². The fourth-order valence-electron chi connectivity index (χ4n) is 4.05. The standard InChI is InChI=1S/C19H26N4O3S/c1-11(22-7-9-23(10-8-22)19(26)12-5-6-12)17(25)21-18-15(16(20)24)13-3-2-4-14(13)27-18/h11-12H,2-10H2,1H3,(H2,20,24)(H,21,25)/t11-/m0/s1. The minimum absolute atomic E-state index is 0.126. The lowest BCUT2D eigenvalue weighted by molar-refractivity contribution is -0.135. The average Bonchev–Trinajstić information content (AvgIpc) is 3.31. The Hall–Kier alpha value is -1.93. The van der Waals surface area contributed by atoms with E-state index in [1.54, 1.807) is 0 Å². The van der Waals surface area contributed by atoms with Gasteiger partial charge in [-0.3, -0.25) is 19.3 Å². The number of rotatable bonds is 5. The molecular weight excluding hydrogens is 364 g/mol. The van der Waals surface area contributed by atoms with Gasteiger partial charge in [0.1, 0.15) is 5.00 Å². The lowest BCUT2D eigenvalue weighted by atomic mass is 10.1. The molecule has 2 aliphatic carbocycles. The van der Waals surface area contributed by atoms with E-state index in [2.05, 4.69) is 10.2 Å². The number of amides is 3. The summed E-state index contributed by atoms with van der Waals surface area (Å²) in [5.74, 6) is -0.0832. The first-order valence-corrected chi connectivity index (χ1v) is 10.6. The van der Waals surface area contributed by atoms with E-state index < -0.39 is 5.91 Å². The second-order valence-corrected chi connectivity index (χ2v) is 8.83. The van der Waals surface area contributed by atoms with Gasteiger partial charge in [-0.15, -0.1) is 11.3 Å². The van der Waals surface area contributed by atoms with Crippen molar-refractivity contribution < 1.29 is 14.4 Å². The molecule has 4 rings (SSSR count). The fourth-order valence-corrected chi connectivity index (χ4v) is 5.35. The van der Waals surface area contributed by atoms with Crippen molar-refractivity contribution in [3.05, 3.63) is 16.0 Å². The van der Waals surface area contributed by atoms with Crippen LogP contribution in [-0.4, -0.2) is 59.7 Å². The average molecular weight is 391 g/mol. The predicted octanol–water partition coefficient (Wildman–Crippen LogP) is 1.22. The number of hydrogen-bond acceptors (Lipinski definition) is 5. The Bertz CT molecular complexity index is 778. The molecule has 2 fully saturated rings.